The number of hydrogen-bond acceptors (Lipinski definition) is 6. The number of carbonyl (C=O) groups is 3. The van der Waals surface area contributed by atoms with Crippen molar-refractivity contribution >= 4 is 24.0 Å². The highest BCUT2D eigenvalue weighted by atomic mass is 16.6. The average Bonchev–Trinajstić information content (AvgIpc) is 2.90. The minimum absolute atomic E-state index is 0.180. The van der Waals surface area contributed by atoms with Crippen LogP contribution in [-0.4, -0.2) is 41.7 Å². The van der Waals surface area contributed by atoms with Crippen molar-refractivity contribution in [1.29, 1.82) is 0 Å². The first kappa shape index (κ1) is 18.3. The minimum Gasteiger partial charge on any atom is -0.482 e. The van der Waals surface area contributed by atoms with Crippen molar-refractivity contribution in [3.63, 3.8) is 0 Å². The van der Waals surface area contributed by atoms with Crippen molar-refractivity contribution in [2.75, 3.05) is 6.61 Å². The molecule has 0 spiro atoms. The van der Waals surface area contributed by atoms with Crippen molar-refractivity contribution in [2.45, 2.75) is 20.0 Å². The number of benzene rings is 2. The van der Waals surface area contributed by atoms with Crippen LogP contribution in [0.25, 0.3) is 0 Å². The number of esters is 1. The molecule has 0 N–H and O–H groups in total. The molecule has 1 aliphatic rings. The van der Waals surface area contributed by atoms with E-state index in [0.717, 1.165) is 5.01 Å². The maximum absolute atomic E-state index is 12.2. The fraction of sp³-hybridized carbons (Fsp3) is 0.200. The van der Waals surface area contributed by atoms with Crippen LogP contribution in [0.2, 0.25) is 0 Å². The third-order valence-corrected chi connectivity index (χ3v) is 3.70. The second-order valence-corrected chi connectivity index (χ2v) is 6.11. The first-order valence-electron chi connectivity index (χ1n) is 8.40. The fourth-order valence-electron chi connectivity index (χ4n) is 2.50. The lowest BCUT2D eigenvalue weighted by molar-refractivity contribution is -0.149. The van der Waals surface area contributed by atoms with Gasteiger partial charge < -0.3 is 9.47 Å². The highest BCUT2D eigenvalue weighted by Gasteiger charge is 2.35. The summed E-state index contributed by atoms with van der Waals surface area (Å²) in [4.78, 5) is 35.9. The molecule has 7 nitrogen and oxygen atoms in total. The summed E-state index contributed by atoms with van der Waals surface area (Å²) in [5, 5.41) is 4.85. The Morgan fingerprint density at radius 3 is 2.19 bits per heavy atom. The van der Waals surface area contributed by atoms with E-state index in [0.29, 0.717) is 22.4 Å². The van der Waals surface area contributed by atoms with Gasteiger partial charge in [0.1, 0.15) is 5.75 Å². The van der Waals surface area contributed by atoms with Crippen LogP contribution in [0.5, 0.6) is 5.75 Å². The number of rotatable bonds is 6. The second-order valence-electron chi connectivity index (χ2n) is 6.11. The maximum atomic E-state index is 12.2. The number of imide groups is 1. The minimum atomic E-state index is -0.449. The molecule has 0 radical (unpaired) electrons. The molecule has 3 rings (SSSR count). The Hall–Kier alpha value is -3.48. The number of fused-ring (bicyclic) bond motifs is 1. The van der Waals surface area contributed by atoms with Crippen molar-refractivity contribution in [1.82, 2.24) is 5.01 Å². The van der Waals surface area contributed by atoms with Crippen LogP contribution in [-0.2, 0) is 9.53 Å². The van der Waals surface area contributed by atoms with E-state index in [1.54, 1.807) is 62.4 Å². The smallest absolute Gasteiger partial charge is 0.344 e. The predicted molar refractivity (Wildman–Crippen MR) is 97.7 cm³/mol. The molecule has 0 saturated carbocycles. The summed E-state index contributed by atoms with van der Waals surface area (Å²) in [6.45, 7) is 3.35. The number of ether oxygens (including phenoxy) is 2. The van der Waals surface area contributed by atoms with Crippen LogP contribution in [0.15, 0.2) is 53.6 Å². The number of amides is 2. The number of carbonyl (C=O) groups excluding carboxylic acids is 3. The lowest BCUT2D eigenvalue weighted by Gasteiger charge is -2.09. The highest BCUT2D eigenvalue weighted by molar-refractivity contribution is 6.21. The Kier molecular flexibility index (Phi) is 5.30. The van der Waals surface area contributed by atoms with Crippen LogP contribution in [0.4, 0.5) is 0 Å². The van der Waals surface area contributed by atoms with Crippen molar-refractivity contribution < 1.29 is 23.9 Å². The summed E-state index contributed by atoms with van der Waals surface area (Å²) in [6.07, 6.45) is 1.22. The molecule has 1 heterocycles. The van der Waals surface area contributed by atoms with Crippen molar-refractivity contribution in [3.8, 4) is 5.75 Å². The number of hydrogen-bond donors (Lipinski definition) is 0. The Bertz CT molecular complexity index is 868. The van der Waals surface area contributed by atoms with Crippen molar-refractivity contribution in [3.05, 3.63) is 65.2 Å². The molecule has 138 valence electrons. The average molecular weight is 366 g/mol. The molecule has 0 bridgehead atoms. The molecule has 2 aromatic carbocycles. The van der Waals surface area contributed by atoms with Gasteiger partial charge in [0.25, 0.3) is 11.8 Å². The maximum Gasteiger partial charge on any atom is 0.344 e. The largest absolute Gasteiger partial charge is 0.482 e. The molecule has 0 atom stereocenters. The molecule has 0 aliphatic carbocycles. The van der Waals surface area contributed by atoms with Gasteiger partial charge in [-0.3, -0.25) is 9.59 Å². The van der Waals surface area contributed by atoms with E-state index in [1.165, 1.54) is 6.21 Å². The van der Waals surface area contributed by atoms with E-state index >= 15 is 0 Å². The lowest BCUT2D eigenvalue weighted by Crippen LogP contribution is -2.23. The summed E-state index contributed by atoms with van der Waals surface area (Å²) in [6, 6.07) is 13.3. The van der Waals surface area contributed by atoms with Crippen LogP contribution < -0.4 is 4.74 Å². The second kappa shape index (κ2) is 7.82. The first-order chi connectivity index (χ1) is 13.0. The molecule has 0 aromatic heterocycles. The van der Waals surface area contributed by atoms with E-state index in [1.807, 2.05) is 0 Å². The van der Waals surface area contributed by atoms with E-state index in [2.05, 4.69) is 5.10 Å². The van der Waals surface area contributed by atoms with Gasteiger partial charge in [-0.15, -0.1) is 0 Å². The van der Waals surface area contributed by atoms with Gasteiger partial charge in [0.2, 0.25) is 0 Å². The third kappa shape index (κ3) is 4.20. The Balaban J connectivity index is 1.61. The summed E-state index contributed by atoms with van der Waals surface area (Å²) in [5.74, 6) is -0.846. The van der Waals surface area contributed by atoms with E-state index < -0.39 is 17.8 Å². The zero-order valence-electron chi connectivity index (χ0n) is 14.9. The van der Waals surface area contributed by atoms with Gasteiger partial charge in [-0.05, 0) is 55.8 Å². The molecule has 0 unspecified atom stereocenters. The van der Waals surface area contributed by atoms with Gasteiger partial charge in [0.15, 0.2) is 6.61 Å². The zero-order valence-corrected chi connectivity index (χ0v) is 14.9. The summed E-state index contributed by atoms with van der Waals surface area (Å²) in [5.41, 5.74) is 1.36. The molecule has 7 heteroatoms. The van der Waals surface area contributed by atoms with Gasteiger partial charge in [0, 0.05) is 0 Å². The van der Waals surface area contributed by atoms with Crippen molar-refractivity contribution in [2.24, 2.45) is 5.10 Å². The van der Waals surface area contributed by atoms with Crippen LogP contribution in [0.1, 0.15) is 40.1 Å². The molecular weight excluding hydrogens is 348 g/mol. The van der Waals surface area contributed by atoms with Gasteiger partial charge >= 0.3 is 5.97 Å². The summed E-state index contributed by atoms with van der Waals surface area (Å²) >= 11 is 0. The molecule has 2 aromatic rings. The lowest BCUT2D eigenvalue weighted by atomic mass is 10.1. The Morgan fingerprint density at radius 1 is 1.04 bits per heavy atom. The highest BCUT2D eigenvalue weighted by Crippen LogP contribution is 2.22. The number of nitrogens with zero attached hydrogens (tertiary/aromatic N) is 2. The molecule has 2 amide bonds. The van der Waals surface area contributed by atoms with E-state index in [9.17, 15) is 14.4 Å². The molecule has 27 heavy (non-hydrogen) atoms. The monoisotopic (exact) mass is 366 g/mol. The number of hydrazone groups is 1. The van der Waals surface area contributed by atoms with Gasteiger partial charge in [-0.1, -0.05) is 12.1 Å². The third-order valence-electron chi connectivity index (χ3n) is 3.70. The topological polar surface area (TPSA) is 85.3 Å². The standard InChI is InChI=1S/C20H18N2O5/c1-13(2)27-18(23)12-26-15-9-7-14(8-10-15)11-21-22-19(24)16-5-3-4-6-17(16)20(22)25/h3-11,13H,12H2,1-2H3/b21-11-. The predicted octanol–water partition coefficient (Wildman–Crippen LogP) is 2.65. The molecular formula is C20H18N2O5. The van der Waals surface area contributed by atoms with Crippen LogP contribution in [0.3, 0.4) is 0 Å². The summed E-state index contributed by atoms with van der Waals surface area (Å²) < 4.78 is 10.3. The molecule has 0 fully saturated rings. The van der Waals surface area contributed by atoms with Gasteiger partial charge in [-0.2, -0.15) is 10.1 Å². The Morgan fingerprint density at radius 2 is 1.63 bits per heavy atom. The summed E-state index contributed by atoms with van der Waals surface area (Å²) in [7, 11) is 0. The van der Waals surface area contributed by atoms with Gasteiger partial charge in [0.05, 0.1) is 23.4 Å². The van der Waals surface area contributed by atoms with E-state index in [4.69, 9.17) is 9.47 Å². The quantitative estimate of drug-likeness (QED) is 0.446. The first-order valence-corrected chi connectivity index (χ1v) is 8.40. The van der Waals surface area contributed by atoms with Crippen LogP contribution >= 0.6 is 0 Å². The fourth-order valence-corrected chi connectivity index (χ4v) is 2.50. The van der Waals surface area contributed by atoms with Crippen LogP contribution in [0, 0.1) is 0 Å². The normalized spacial score (nSPS) is 13.4. The SMILES string of the molecule is CC(C)OC(=O)COc1ccc(/C=N\N2C(=O)c3ccccc3C2=O)cc1. The molecule has 0 saturated heterocycles. The Labute approximate surface area is 156 Å². The molecule has 1 aliphatic heterocycles. The van der Waals surface area contributed by atoms with Gasteiger partial charge in [-0.25, -0.2) is 4.79 Å². The zero-order chi connectivity index (χ0) is 19.4. The van der Waals surface area contributed by atoms with E-state index in [-0.39, 0.29) is 12.7 Å².